The molecule has 1 amide bonds. The molecule has 0 bridgehead atoms. The van der Waals surface area contributed by atoms with E-state index in [4.69, 9.17) is 9.47 Å². The van der Waals surface area contributed by atoms with Crippen LogP contribution in [0.25, 0.3) is 0 Å². The molecule has 0 aromatic carbocycles. The Morgan fingerprint density at radius 3 is 2.25 bits per heavy atom. The van der Waals surface area contributed by atoms with Gasteiger partial charge in [0.05, 0.1) is 13.2 Å². The zero-order valence-electron chi connectivity index (χ0n) is 10.4. The van der Waals surface area contributed by atoms with Gasteiger partial charge < -0.3 is 14.8 Å². The molecule has 0 radical (unpaired) electrons. The van der Waals surface area contributed by atoms with Crippen molar-refractivity contribution in [2.75, 3.05) is 13.2 Å². The van der Waals surface area contributed by atoms with Crippen LogP contribution >= 0.6 is 0 Å². The van der Waals surface area contributed by atoms with Crippen LogP contribution in [0.5, 0.6) is 0 Å². The van der Waals surface area contributed by atoms with E-state index in [2.05, 4.69) is 5.32 Å². The van der Waals surface area contributed by atoms with E-state index in [1.165, 1.54) is 0 Å². The Morgan fingerprint density at radius 1 is 1.19 bits per heavy atom. The van der Waals surface area contributed by atoms with E-state index >= 15 is 0 Å². The molecule has 0 spiro atoms. The van der Waals surface area contributed by atoms with Crippen LogP contribution in [0, 0.1) is 5.92 Å². The summed E-state index contributed by atoms with van der Waals surface area (Å²) in [4.78, 5) is 22.8. The quantitative estimate of drug-likeness (QED) is 0.707. The monoisotopic (exact) mass is 231 g/mol. The fourth-order valence-corrected chi connectivity index (χ4v) is 1.09. The minimum Gasteiger partial charge on any atom is -0.464 e. The fourth-order valence-electron chi connectivity index (χ4n) is 1.09. The molecule has 1 N–H and O–H groups in total. The lowest BCUT2D eigenvalue weighted by Crippen LogP contribution is -2.45. The highest BCUT2D eigenvalue weighted by Gasteiger charge is 2.25. The summed E-state index contributed by atoms with van der Waals surface area (Å²) < 4.78 is 9.70. The molecule has 0 aliphatic carbocycles. The smallest absolute Gasteiger partial charge is 0.407 e. The molecule has 0 saturated carbocycles. The van der Waals surface area contributed by atoms with Crippen molar-refractivity contribution >= 4 is 12.1 Å². The van der Waals surface area contributed by atoms with E-state index in [0.29, 0.717) is 13.2 Å². The number of esters is 1. The number of alkyl carbamates (subject to hydrolysis) is 1. The number of hydrogen-bond acceptors (Lipinski definition) is 4. The van der Waals surface area contributed by atoms with Gasteiger partial charge in [-0.25, -0.2) is 9.59 Å². The lowest BCUT2D eigenvalue weighted by molar-refractivity contribution is -0.146. The molecule has 94 valence electrons. The molecule has 0 saturated heterocycles. The zero-order valence-corrected chi connectivity index (χ0v) is 10.4. The maximum Gasteiger partial charge on any atom is 0.407 e. The lowest BCUT2D eigenvalue weighted by atomic mass is 10.1. The second-order valence-electron chi connectivity index (χ2n) is 3.75. The first kappa shape index (κ1) is 14.7. The Hall–Kier alpha value is -1.26. The van der Waals surface area contributed by atoms with Gasteiger partial charge in [-0.15, -0.1) is 0 Å². The predicted octanol–water partition coefficient (Wildman–Crippen LogP) is 1.71. The van der Waals surface area contributed by atoms with Crippen LogP contribution in [0.4, 0.5) is 4.79 Å². The summed E-state index contributed by atoms with van der Waals surface area (Å²) in [7, 11) is 0. The van der Waals surface area contributed by atoms with Crippen molar-refractivity contribution in [1.29, 1.82) is 0 Å². The van der Waals surface area contributed by atoms with E-state index in [1.54, 1.807) is 6.92 Å². The van der Waals surface area contributed by atoms with Crippen LogP contribution < -0.4 is 5.32 Å². The fraction of sp³-hybridized carbons (Fsp3) is 0.818. The zero-order chi connectivity index (χ0) is 12.6. The SMILES string of the molecule is CCCOC(=O)NC(C(=O)OCC)C(C)C. The van der Waals surface area contributed by atoms with Crippen molar-refractivity contribution in [2.24, 2.45) is 5.92 Å². The molecule has 0 aliphatic rings. The molecular weight excluding hydrogens is 210 g/mol. The van der Waals surface area contributed by atoms with Gasteiger partial charge in [0.25, 0.3) is 0 Å². The van der Waals surface area contributed by atoms with Gasteiger partial charge in [-0.2, -0.15) is 0 Å². The van der Waals surface area contributed by atoms with Crippen LogP contribution in [0.3, 0.4) is 0 Å². The van der Waals surface area contributed by atoms with Crippen molar-refractivity contribution in [3.63, 3.8) is 0 Å². The lowest BCUT2D eigenvalue weighted by Gasteiger charge is -2.20. The summed E-state index contributed by atoms with van der Waals surface area (Å²) in [6, 6.07) is -0.649. The van der Waals surface area contributed by atoms with Crippen LogP contribution in [0.15, 0.2) is 0 Å². The standard InChI is InChI=1S/C11H21NO4/c1-5-7-16-11(14)12-9(8(3)4)10(13)15-6-2/h8-9H,5-7H2,1-4H3,(H,12,14). The van der Waals surface area contributed by atoms with Crippen LogP contribution in [-0.4, -0.2) is 31.3 Å². The molecule has 0 aromatic rings. The summed E-state index contributed by atoms with van der Waals surface area (Å²) in [6.45, 7) is 7.94. The molecule has 0 fully saturated rings. The Balaban J connectivity index is 4.22. The summed E-state index contributed by atoms with van der Waals surface area (Å²) in [5.74, 6) is -0.459. The van der Waals surface area contributed by atoms with Gasteiger partial charge in [-0.05, 0) is 19.3 Å². The Morgan fingerprint density at radius 2 is 1.81 bits per heavy atom. The molecule has 0 heterocycles. The van der Waals surface area contributed by atoms with Crippen LogP contribution in [-0.2, 0) is 14.3 Å². The minimum atomic E-state index is -0.649. The van der Waals surface area contributed by atoms with Gasteiger partial charge in [0.1, 0.15) is 6.04 Å². The second kappa shape index (κ2) is 7.96. The second-order valence-corrected chi connectivity index (χ2v) is 3.75. The van der Waals surface area contributed by atoms with Gasteiger partial charge in [-0.1, -0.05) is 20.8 Å². The van der Waals surface area contributed by atoms with Crippen molar-refractivity contribution in [3.05, 3.63) is 0 Å². The topological polar surface area (TPSA) is 64.6 Å². The highest BCUT2D eigenvalue weighted by Crippen LogP contribution is 2.04. The van der Waals surface area contributed by atoms with Gasteiger partial charge in [0.2, 0.25) is 0 Å². The van der Waals surface area contributed by atoms with E-state index in [9.17, 15) is 9.59 Å². The highest BCUT2D eigenvalue weighted by molar-refractivity contribution is 5.81. The largest absolute Gasteiger partial charge is 0.464 e. The average Bonchev–Trinajstić information content (AvgIpc) is 2.22. The maximum absolute atomic E-state index is 11.5. The van der Waals surface area contributed by atoms with Crippen molar-refractivity contribution in [1.82, 2.24) is 5.32 Å². The number of rotatable bonds is 6. The van der Waals surface area contributed by atoms with Gasteiger partial charge in [-0.3, -0.25) is 0 Å². The number of nitrogens with one attached hydrogen (secondary N) is 1. The van der Waals surface area contributed by atoms with E-state index in [0.717, 1.165) is 6.42 Å². The number of amides is 1. The van der Waals surface area contributed by atoms with Crippen molar-refractivity contribution in [2.45, 2.75) is 40.2 Å². The molecule has 0 aromatic heterocycles. The van der Waals surface area contributed by atoms with Crippen LogP contribution in [0.1, 0.15) is 34.1 Å². The summed E-state index contributed by atoms with van der Waals surface area (Å²) in [6.07, 6.45) is 0.174. The Kier molecular flexibility index (Phi) is 7.33. The van der Waals surface area contributed by atoms with E-state index < -0.39 is 18.1 Å². The van der Waals surface area contributed by atoms with Gasteiger partial charge in [0, 0.05) is 0 Å². The normalized spacial score (nSPS) is 12.1. The summed E-state index contributed by atoms with van der Waals surface area (Å²) >= 11 is 0. The van der Waals surface area contributed by atoms with Gasteiger partial charge in [0.15, 0.2) is 0 Å². The molecule has 1 atom stereocenters. The number of ether oxygens (including phenoxy) is 2. The molecule has 0 rings (SSSR count). The van der Waals surface area contributed by atoms with Crippen LogP contribution in [0.2, 0.25) is 0 Å². The third kappa shape index (κ3) is 5.58. The van der Waals surface area contributed by atoms with E-state index in [1.807, 2.05) is 20.8 Å². The van der Waals surface area contributed by atoms with Crippen molar-refractivity contribution in [3.8, 4) is 0 Å². The Labute approximate surface area is 96.5 Å². The first-order valence-electron chi connectivity index (χ1n) is 5.62. The van der Waals surface area contributed by atoms with Crippen molar-refractivity contribution < 1.29 is 19.1 Å². The summed E-state index contributed by atoms with van der Waals surface area (Å²) in [5, 5.41) is 2.50. The third-order valence-electron chi connectivity index (χ3n) is 1.92. The molecular formula is C11H21NO4. The molecule has 16 heavy (non-hydrogen) atoms. The number of carbonyl (C=O) groups excluding carboxylic acids is 2. The molecule has 5 heteroatoms. The molecule has 5 nitrogen and oxygen atoms in total. The first-order valence-corrected chi connectivity index (χ1v) is 5.62. The average molecular weight is 231 g/mol. The van der Waals surface area contributed by atoms with E-state index in [-0.39, 0.29) is 5.92 Å². The Bertz CT molecular complexity index is 228. The number of hydrogen-bond donors (Lipinski definition) is 1. The predicted molar refractivity (Wildman–Crippen MR) is 60.0 cm³/mol. The highest BCUT2D eigenvalue weighted by atomic mass is 16.6. The minimum absolute atomic E-state index is 0.0340. The third-order valence-corrected chi connectivity index (χ3v) is 1.92. The molecule has 0 aliphatic heterocycles. The maximum atomic E-state index is 11.5. The summed E-state index contributed by atoms with van der Waals surface area (Å²) in [5.41, 5.74) is 0. The van der Waals surface area contributed by atoms with Gasteiger partial charge >= 0.3 is 12.1 Å². The number of carbonyl (C=O) groups is 2. The first-order chi connectivity index (χ1) is 7.52. The molecule has 1 unspecified atom stereocenters.